The van der Waals surface area contributed by atoms with Crippen molar-refractivity contribution in [1.82, 2.24) is 10.2 Å². The second-order valence-electron chi connectivity index (χ2n) is 3.49. The molecule has 0 heterocycles. The molecular weight excluding hydrogens is 188 g/mol. The van der Waals surface area contributed by atoms with E-state index in [4.69, 9.17) is 6.42 Å². The van der Waals surface area contributed by atoms with Crippen LogP contribution in [0.1, 0.15) is 33.6 Å². The van der Waals surface area contributed by atoms with Crippen molar-refractivity contribution in [3.63, 3.8) is 0 Å². The van der Waals surface area contributed by atoms with Gasteiger partial charge in [-0.1, -0.05) is 0 Å². The van der Waals surface area contributed by atoms with Crippen LogP contribution in [0.25, 0.3) is 0 Å². The Morgan fingerprint density at radius 2 is 2.07 bits per heavy atom. The number of hydrogen-bond acceptors (Lipinski definition) is 2. The minimum Gasteiger partial charge on any atom is -0.342 e. The second-order valence-corrected chi connectivity index (χ2v) is 3.49. The molecule has 3 heteroatoms. The summed E-state index contributed by atoms with van der Waals surface area (Å²) in [4.78, 5) is 13.6. The van der Waals surface area contributed by atoms with E-state index >= 15 is 0 Å². The summed E-state index contributed by atoms with van der Waals surface area (Å²) in [6.45, 7) is 8.23. The largest absolute Gasteiger partial charge is 0.342 e. The van der Waals surface area contributed by atoms with Crippen LogP contribution in [0.4, 0.5) is 0 Å². The number of unbranched alkanes of at least 4 members (excludes halogenated alkanes) is 1. The number of carbonyl (C=O) groups excluding carboxylic acids is 1. The van der Waals surface area contributed by atoms with Gasteiger partial charge in [0.2, 0.25) is 5.91 Å². The molecule has 0 aromatic heterocycles. The number of likely N-dealkylation sites (N-methyl/N-ethyl adjacent to an activating group) is 1. The van der Waals surface area contributed by atoms with E-state index < -0.39 is 0 Å². The average molecular weight is 210 g/mol. The van der Waals surface area contributed by atoms with Gasteiger partial charge >= 0.3 is 0 Å². The zero-order valence-corrected chi connectivity index (χ0v) is 10.0. The van der Waals surface area contributed by atoms with Gasteiger partial charge in [-0.25, -0.2) is 0 Å². The van der Waals surface area contributed by atoms with Crippen LogP contribution in [0.15, 0.2) is 0 Å². The van der Waals surface area contributed by atoms with Crippen LogP contribution in [0.3, 0.4) is 0 Å². The van der Waals surface area contributed by atoms with Crippen molar-refractivity contribution >= 4 is 5.91 Å². The van der Waals surface area contributed by atoms with Crippen molar-refractivity contribution in [2.75, 3.05) is 19.6 Å². The van der Waals surface area contributed by atoms with E-state index in [1.54, 1.807) is 0 Å². The number of carbonyl (C=O) groups is 1. The molecule has 15 heavy (non-hydrogen) atoms. The van der Waals surface area contributed by atoms with Gasteiger partial charge in [-0.3, -0.25) is 4.79 Å². The fraction of sp³-hybridized carbons (Fsp3) is 0.750. The van der Waals surface area contributed by atoms with Gasteiger partial charge in [0.15, 0.2) is 0 Å². The predicted octanol–water partition coefficient (Wildman–Crippen LogP) is 1.25. The summed E-state index contributed by atoms with van der Waals surface area (Å²) in [6, 6.07) is -0.109. The molecule has 1 atom stereocenters. The Bertz CT molecular complexity index is 216. The van der Waals surface area contributed by atoms with Crippen molar-refractivity contribution in [2.45, 2.75) is 39.7 Å². The quantitative estimate of drug-likeness (QED) is 0.506. The molecule has 0 fully saturated rings. The third-order valence-corrected chi connectivity index (χ3v) is 2.39. The maximum Gasteiger partial charge on any atom is 0.239 e. The summed E-state index contributed by atoms with van der Waals surface area (Å²) in [5.41, 5.74) is 0. The first-order valence-electron chi connectivity index (χ1n) is 5.62. The Labute approximate surface area is 93.2 Å². The molecule has 0 rings (SSSR count). The Balaban J connectivity index is 3.83. The fourth-order valence-corrected chi connectivity index (χ4v) is 1.41. The third-order valence-electron chi connectivity index (χ3n) is 2.39. The third kappa shape index (κ3) is 5.44. The smallest absolute Gasteiger partial charge is 0.239 e. The molecule has 0 saturated heterocycles. The van der Waals surface area contributed by atoms with Crippen molar-refractivity contribution in [3.05, 3.63) is 0 Å². The molecule has 1 unspecified atom stereocenters. The maximum absolute atomic E-state index is 11.8. The van der Waals surface area contributed by atoms with Crippen LogP contribution in [-0.2, 0) is 4.79 Å². The topological polar surface area (TPSA) is 32.3 Å². The molecule has 0 spiro atoms. The molecule has 0 radical (unpaired) electrons. The van der Waals surface area contributed by atoms with Crippen molar-refractivity contribution in [1.29, 1.82) is 0 Å². The minimum absolute atomic E-state index is 0.109. The van der Waals surface area contributed by atoms with Crippen molar-refractivity contribution < 1.29 is 4.79 Å². The molecule has 0 aromatic rings. The lowest BCUT2D eigenvalue weighted by Crippen LogP contribution is -2.45. The molecule has 0 aromatic carbocycles. The zero-order chi connectivity index (χ0) is 11.7. The lowest BCUT2D eigenvalue weighted by atomic mass is 10.2. The van der Waals surface area contributed by atoms with Gasteiger partial charge in [-0.15, -0.1) is 12.3 Å². The molecule has 0 aliphatic carbocycles. The van der Waals surface area contributed by atoms with Gasteiger partial charge in [0.05, 0.1) is 6.04 Å². The van der Waals surface area contributed by atoms with Gasteiger partial charge in [0.1, 0.15) is 0 Å². The lowest BCUT2D eigenvalue weighted by molar-refractivity contribution is -0.132. The minimum atomic E-state index is -0.109. The van der Waals surface area contributed by atoms with E-state index in [-0.39, 0.29) is 11.9 Å². The number of nitrogens with one attached hydrogen (secondary N) is 1. The van der Waals surface area contributed by atoms with Crippen molar-refractivity contribution in [3.8, 4) is 12.3 Å². The van der Waals surface area contributed by atoms with E-state index in [2.05, 4.69) is 11.2 Å². The second kappa shape index (κ2) is 8.31. The predicted molar refractivity (Wildman–Crippen MR) is 63.5 cm³/mol. The van der Waals surface area contributed by atoms with Crippen LogP contribution in [0.5, 0.6) is 0 Å². The summed E-state index contributed by atoms with van der Waals surface area (Å²) >= 11 is 0. The molecule has 1 amide bonds. The van der Waals surface area contributed by atoms with Crippen LogP contribution in [0.2, 0.25) is 0 Å². The van der Waals surface area contributed by atoms with E-state index in [9.17, 15) is 4.79 Å². The van der Waals surface area contributed by atoms with E-state index in [0.717, 1.165) is 32.5 Å². The maximum atomic E-state index is 11.8. The molecule has 0 saturated carbocycles. The number of nitrogens with zero attached hydrogens (tertiary/aromatic N) is 1. The fourth-order valence-electron chi connectivity index (χ4n) is 1.41. The number of rotatable bonds is 7. The highest BCUT2D eigenvalue weighted by atomic mass is 16.2. The highest BCUT2D eigenvalue weighted by molar-refractivity contribution is 5.81. The highest BCUT2D eigenvalue weighted by Gasteiger charge is 2.16. The van der Waals surface area contributed by atoms with E-state index in [0.29, 0.717) is 0 Å². The molecule has 3 nitrogen and oxygen atoms in total. The van der Waals surface area contributed by atoms with Gasteiger partial charge in [0, 0.05) is 19.5 Å². The molecule has 0 aliphatic rings. The highest BCUT2D eigenvalue weighted by Crippen LogP contribution is 1.95. The van der Waals surface area contributed by atoms with Crippen LogP contribution < -0.4 is 5.32 Å². The molecule has 86 valence electrons. The van der Waals surface area contributed by atoms with Crippen LogP contribution >= 0.6 is 0 Å². The summed E-state index contributed by atoms with van der Waals surface area (Å²) in [5, 5.41) is 3.18. The number of amides is 1. The Hall–Kier alpha value is -1.01. The SMILES string of the molecule is C#CCCCNC(C)C(=O)N(CC)CC. The number of terminal acetylenes is 1. The standard InChI is InChI=1S/C12H22N2O/c1-5-8-9-10-13-11(4)12(15)14(6-2)7-3/h1,11,13H,6-10H2,2-4H3. The zero-order valence-electron chi connectivity index (χ0n) is 10.0. The average Bonchev–Trinajstić information content (AvgIpc) is 2.25. The van der Waals surface area contributed by atoms with Crippen molar-refractivity contribution in [2.24, 2.45) is 0 Å². The summed E-state index contributed by atoms with van der Waals surface area (Å²) in [6.07, 6.45) is 6.83. The van der Waals surface area contributed by atoms with Crippen LogP contribution in [-0.4, -0.2) is 36.5 Å². The number of hydrogen-bond donors (Lipinski definition) is 1. The first kappa shape index (κ1) is 14.0. The van der Waals surface area contributed by atoms with Gasteiger partial charge in [-0.2, -0.15) is 0 Å². The normalized spacial score (nSPS) is 11.9. The van der Waals surface area contributed by atoms with Gasteiger partial charge in [-0.05, 0) is 33.7 Å². The van der Waals surface area contributed by atoms with E-state index in [1.807, 2.05) is 25.7 Å². The van der Waals surface area contributed by atoms with Gasteiger partial charge in [0.25, 0.3) is 0 Å². The molecular formula is C12H22N2O. The lowest BCUT2D eigenvalue weighted by Gasteiger charge is -2.23. The first-order chi connectivity index (χ1) is 7.17. The Kier molecular flexibility index (Phi) is 7.75. The molecule has 0 aliphatic heterocycles. The summed E-state index contributed by atoms with van der Waals surface area (Å²) in [5.74, 6) is 2.75. The molecule has 1 N–H and O–H groups in total. The Morgan fingerprint density at radius 1 is 1.47 bits per heavy atom. The molecule has 0 bridgehead atoms. The monoisotopic (exact) mass is 210 g/mol. The summed E-state index contributed by atoms with van der Waals surface area (Å²) < 4.78 is 0. The first-order valence-corrected chi connectivity index (χ1v) is 5.62. The summed E-state index contributed by atoms with van der Waals surface area (Å²) in [7, 11) is 0. The van der Waals surface area contributed by atoms with E-state index in [1.165, 1.54) is 0 Å². The van der Waals surface area contributed by atoms with Gasteiger partial charge < -0.3 is 10.2 Å². The van der Waals surface area contributed by atoms with Crippen LogP contribution in [0, 0.1) is 12.3 Å². The Morgan fingerprint density at radius 3 is 2.53 bits per heavy atom.